The number of nitrogen functional groups attached to an aromatic ring is 1. The van der Waals surface area contributed by atoms with E-state index in [2.05, 4.69) is 4.98 Å². The lowest BCUT2D eigenvalue weighted by Gasteiger charge is -2.32. The van der Waals surface area contributed by atoms with Gasteiger partial charge < -0.3 is 20.8 Å². The summed E-state index contributed by atoms with van der Waals surface area (Å²) in [5, 5.41) is 20.4. The SMILES string of the molecule is Cc1c(N2CC3CCC(O)C(O)C3C2)c(F)c(N)c2c(=O)[nH]c(=O)n(C3CC3)c12. The molecule has 0 bridgehead atoms. The van der Waals surface area contributed by atoms with Gasteiger partial charge in [-0.3, -0.25) is 14.3 Å². The Morgan fingerprint density at radius 1 is 1.14 bits per heavy atom. The molecule has 5 rings (SSSR count). The highest BCUT2D eigenvalue weighted by atomic mass is 19.1. The number of aromatic nitrogens is 2. The second kappa shape index (κ2) is 6.30. The van der Waals surface area contributed by atoms with Gasteiger partial charge in [-0.05, 0) is 38.5 Å². The van der Waals surface area contributed by atoms with Crippen LogP contribution in [0.15, 0.2) is 9.59 Å². The van der Waals surface area contributed by atoms with Gasteiger partial charge in [0, 0.05) is 30.6 Å². The first kappa shape index (κ1) is 18.6. The van der Waals surface area contributed by atoms with Crippen molar-refractivity contribution in [1.29, 1.82) is 0 Å². The zero-order valence-corrected chi connectivity index (χ0v) is 16.2. The van der Waals surface area contributed by atoms with Gasteiger partial charge >= 0.3 is 5.69 Å². The standard InChI is InChI=1S/C20H25FN4O4/c1-8-16-13(19(28)23-20(29)25(16)10-3-4-10)15(22)14(21)17(8)24-6-9-2-5-12(26)18(27)11(9)7-24/h9-12,18,26-27H,2-7,22H2,1H3,(H,23,28,29). The van der Waals surface area contributed by atoms with Gasteiger partial charge in [0.15, 0.2) is 5.82 Å². The molecule has 0 radical (unpaired) electrons. The fraction of sp³-hybridized carbons (Fsp3) is 0.600. The molecule has 0 amide bonds. The number of H-pyrrole nitrogens is 1. The van der Waals surface area contributed by atoms with E-state index in [1.165, 1.54) is 4.57 Å². The summed E-state index contributed by atoms with van der Waals surface area (Å²) in [7, 11) is 0. The van der Waals surface area contributed by atoms with Crippen LogP contribution in [0.4, 0.5) is 15.8 Å². The topological polar surface area (TPSA) is 125 Å². The second-order valence-corrected chi connectivity index (χ2v) is 8.75. The van der Waals surface area contributed by atoms with Gasteiger partial charge in [-0.15, -0.1) is 0 Å². The highest BCUT2D eigenvalue weighted by Gasteiger charge is 2.44. The van der Waals surface area contributed by atoms with Crippen molar-refractivity contribution >= 4 is 22.3 Å². The minimum absolute atomic E-state index is 0.0160. The summed E-state index contributed by atoms with van der Waals surface area (Å²) in [6, 6.07) is -0.0172. The third-order valence-electron chi connectivity index (χ3n) is 6.95. The Labute approximate surface area is 165 Å². The predicted molar refractivity (Wildman–Crippen MR) is 107 cm³/mol. The number of rotatable bonds is 2. The summed E-state index contributed by atoms with van der Waals surface area (Å²) in [6.07, 6.45) is 1.33. The molecule has 0 spiro atoms. The van der Waals surface area contributed by atoms with Crippen LogP contribution in [0.3, 0.4) is 0 Å². The van der Waals surface area contributed by atoms with Crippen molar-refractivity contribution in [3.63, 3.8) is 0 Å². The molecule has 2 heterocycles. The zero-order valence-electron chi connectivity index (χ0n) is 16.2. The van der Waals surface area contributed by atoms with E-state index in [9.17, 15) is 19.8 Å². The first-order valence-electron chi connectivity index (χ1n) is 10.2. The van der Waals surface area contributed by atoms with Crippen molar-refractivity contribution in [3.05, 3.63) is 32.2 Å². The highest BCUT2D eigenvalue weighted by molar-refractivity contribution is 5.97. The predicted octanol–water partition coefficient (Wildman–Crippen LogP) is 0.622. The van der Waals surface area contributed by atoms with Crippen LogP contribution < -0.4 is 21.9 Å². The van der Waals surface area contributed by atoms with E-state index in [-0.39, 0.29) is 34.6 Å². The number of aliphatic hydroxyl groups is 2. The Bertz CT molecular complexity index is 1120. The molecular formula is C20H25FN4O4. The molecule has 3 aliphatic rings. The van der Waals surface area contributed by atoms with Crippen LogP contribution in [0.1, 0.15) is 37.3 Å². The zero-order chi connectivity index (χ0) is 20.6. The Morgan fingerprint density at radius 3 is 2.55 bits per heavy atom. The number of nitrogens with one attached hydrogen (secondary N) is 1. The summed E-state index contributed by atoms with van der Waals surface area (Å²) in [6.45, 7) is 2.64. The fourth-order valence-electron chi connectivity index (χ4n) is 5.35. The number of nitrogens with two attached hydrogens (primary N) is 1. The largest absolute Gasteiger partial charge is 0.396 e. The second-order valence-electron chi connectivity index (χ2n) is 8.75. The van der Waals surface area contributed by atoms with E-state index < -0.39 is 29.3 Å². The van der Waals surface area contributed by atoms with Crippen molar-refractivity contribution in [2.45, 2.75) is 50.9 Å². The number of hydrogen-bond donors (Lipinski definition) is 4. The molecule has 1 aromatic heterocycles. The molecule has 1 aliphatic heterocycles. The molecule has 156 valence electrons. The number of hydrogen-bond acceptors (Lipinski definition) is 6. The lowest BCUT2D eigenvalue weighted by molar-refractivity contribution is -0.0532. The maximum absolute atomic E-state index is 15.4. The van der Waals surface area contributed by atoms with Gasteiger partial charge in [-0.2, -0.15) is 0 Å². The molecule has 9 heteroatoms. The first-order valence-corrected chi connectivity index (χ1v) is 10.2. The summed E-state index contributed by atoms with van der Waals surface area (Å²) in [5.74, 6) is -0.677. The van der Waals surface area contributed by atoms with E-state index in [4.69, 9.17) is 5.73 Å². The summed E-state index contributed by atoms with van der Waals surface area (Å²) >= 11 is 0. The van der Waals surface area contributed by atoms with E-state index in [1.807, 2.05) is 4.90 Å². The molecule has 2 aromatic rings. The third-order valence-corrected chi connectivity index (χ3v) is 6.95. The van der Waals surface area contributed by atoms with Crippen LogP contribution >= 0.6 is 0 Å². The maximum atomic E-state index is 15.4. The van der Waals surface area contributed by atoms with E-state index in [0.29, 0.717) is 30.6 Å². The molecule has 4 unspecified atom stereocenters. The Kier molecular flexibility index (Phi) is 4.05. The minimum Gasteiger partial charge on any atom is -0.396 e. The molecule has 1 aromatic carbocycles. The third kappa shape index (κ3) is 2.63. The highest BCUT2D eigenvalue weighted by Crippen LogP contribution is 2.44. The van der Waals surface area contributed by atoms with Crippen LogP contribution in [0, 0.1) is 24.6 Å². The lowest BCUT2D eigenvalue weighted by Crippen LogP contribution is -2.42. The summed E-state index contributed by atoms with van der Waals surface area (Å²) in [4.78, 5) is 29.1. The quantitative estimate of drug-likeness (QED) is 0.544. The van der Waals surface area contributed by atoms with Gasteiger partial charge in [0.2, 0.25) is 0 Å². The van der Waals surface area contributed by atoms with Gasteiger partial charge in [-0.25, -0.2) is 9.18 Å². The number of halogens is 1. The first-order chi connectivity index (χ1) is 13.8. The maximum Gasteiger partial charge on any atom is 0.329 e. The Morgan fingerprint density at radius 2 is 1.86 bits per heavy atom. The number of aryl methyl sites for hydroxylation is 1. The van der Waals surface area contributed by atoms with Crippen LogP contribution in [-0.4, -0.2) is 45.1 Å². The van der Waals surface area contributed by atoms with Gasteiger partial charge in [0.05, 0.1) is 34.5 Å². The number of nitrogens with zero attached hydrogens (tertiary/aromatic N) is 2. The number of anilines is 2. The van der Waals surface area contributed by atoms with Crippen molar-refractivity contribution in [3.8, 4) is 0 Å². The van der Waals surface area contributed by atoms with Crippen molar-refractivity contribution in [2.75, 3.05) is 23.7 Å². The number of aromatic amines is 1. The minimum atomic E-state index is -0.840. The molecule has 8 nitrogen and oxygen atoms in total. The number of aliphatic hydroxyl groups excluding tert-OH is 2. The van der Waals surface area contributed by atoms with Crippen molar-refractivity contribution < 1.29 is 14.6 Å². The summed E-state index contributed by atoms with van der Waals surface area (Å²) < 4.78 is 16.9. The molecule has 3 fully saturated rings. The smallest absolute Gasteiger partial charge is 0.329 e. The molecular weight excluding hydrogens is 379 g/mol. The molecule has 29 heavy (non-hydrogen) atoms. The van der Waals surface area contributed by atoms with E-state index in [1.54, 1.807) is 6.92 Å². The normalized spacial score (nSPS) is 29.4. The number of fused-ring (bicyclic) bond motifs is 2. The Balaban J connectivity index is 1.71. The van der Waals surface area contributed by atoms with Gasteiger partial charge in [0.25, 0.3) is 5.56 Å². The number of benzene rings is 1. The average Bonchev–Trinajstić information content (AvgIpc) is 3.41. The van der Waals surface area contributed by atoms with Crippen molar-refractivity contribution in [2.24, 2.45) is 11.8 Å². The fourth-order valence-corrected chi connectivity index (χ4v) is 5.35. The monoisotopic (exact) mass is 404 g/mol. The van der Waals surface area contributed by atoms with E-state index >= 15 is 4.39 Å². The molecule has 5 N–H and O–H groups in total. The summed E-state index contributed by atoms with van der Waals surface area (Å²) in [5.41, 5.74) is 5.81. The van der Waals surface area contributed by atoms with Crippen LogP contribution in [0.5, 0.6) is 0 Å². The molecule has 2 saturated carbocycles. The van der Waals surface area contributed by atoms with Crippen LogP contribution in [0.25, 0.3) is 10.9 Å². The van der Waals surface area contributed by atoms with Crippen molar-refractivity contribution in [1.82, 2.24) is 9.55 Å². The van der Waals surface area contributed by atoms with E-state index in [0.717, 1.165) is 19.3 Å². The molecule has 4 atom stereocenters. The lowest BCUT2D eigenvalue weighted by atomic mass is 9.78. The molecule has 1 saturated heterocycles. The molecule has 2 aliphatic carbocycles. The van der Waals surface area contributed by atoms with Gasteiger partial charge in [0.1, 0.15) is 0 Å². The Hall–Kier alpha value is -2.39. The van der Waals surface area contributed by atoms with Gasteiger partial charge in [-0.1, -0.05) is 0 Å². The van der Waals surface area contributed by atoms with Crippen LogP contribution in [-0.2, 0) is 0 Å². The van der Waals surface area contributed by atoms with Crippen LogP contribution in [0.2, 0.25) is 0 Å². The average molecular weight is 404 g/mol.